The Labute approximate surface area is 115 Å². The molecule has 0 saturated carbocycles. The molecule has 5 nitrogen and oxygen atoms in total. The molecule has 0 aromatic heterocycles. The Morgan fingerprint density at radius 1 is 1.42 bits per heavy atom. The molecule has 1 rings (SSSR count). The van der Waals surface area contributed by atoms with Gasteiger partial charge < -0.3 is 10.4 Å². The van der Waals surface area contributed by atoms with Crippen LogP contribution in [-0.2, 0) is 9.59 Å². The van der Waals surface area contributed by atoms with E-state index in [1.807, 2.05) is 25.7 Å². The van der Waals surface area contributed by atoms with Crippen molar-refractivity contribution in [2.24, 2.45) is 11.8 Å². The number of piperidine rings is 1. The van der Waals surface area contributed by atoms with E-state index in [9.17, 15) is 14.7 Å². The van der Waals surface area contributed by atoms with Gasteiger partial charge in [-0.1, -0.05) is 20.8 Å². The highest BCUT2D eigenvalue weighted by molar-refractivity contribution is 5.77. The van der Waals surface area contributed by atoms with Crippen LogP contribution in [0.25, 0.3) is 0 Å². The lowest BCUT2D eigenvalue weighted by molar-refractivity contribution is -0.144. The maximum absolute atomic E-state index is 11.5. The molecule has 2 atom stereocenters. The smallest absolute Gasteiger partial charge is 0.320 e. The van der Waals surface area contributed by atoms with Crippen LogP contribution in [0.1, 0.15) is 40.0 Å². The maximum Gasteiger partial charge on any atom is 0.320 e. The zero-order chi connectivity index (χ0) is 14.4. The number of carbonyl (C=O) groups excluding carboxylic acids is 1. The molecule has 1 fully saturated rings. The van der Waals surface area contributed by atoms with Gasteiger partial charge in [-0.2, -0.15) is 0 Å². The van der Waals surface area contributed by atoms with Gasteiger partial charge in [0.25, 0.3) is 0 Å². The van der Waals surface area contributed by atoms with Crippen molar-refractivity contribution in [1.82, 2.24) is 10.2 Å². The summed E-state index contributed by atoms with van der Waals surface area (Å²) in [6.45, 7) is 7.93. The maximum atomic E-state index is 11.5. The SMILES string of the molecule is CCC(C(=O)O)N1CCCC(CNC(=O)C(C)C)C1. The first kappa shape index (κ1) is 16.0. The van der Waals surface area contributed by atoms with Gasteiger partial charge in [0.2, 0.25) is 5.91 Å². The molecule has 0 aromatic carbocycles. The van der Waals surface area contributed by atoms with E-state index >= 15 is 0 Å². The predicted molar refractivity (Wildman–Crippen MR) is 73.9 cm³/mol. The van der Waals surface area contributed by atoms with E-state index in [0.29, 0.717) is 18.9 Å². The standard InChI is InChI=1S/C14H26N2O3/c1-4-12(14(18)19)16-7-5-6-11(9-16)8-15-13(17)10(2)3/h10-12H,4-9H2,1-3H3,(H,15,17)(H,18,19). The molecule has 1 aliphatic rings. The zero-order valence-corrected chi connectivity index (χ0v) is 12.2. The summed E-state index contributed by atoms with van der Waals surface area (Å²) in [5.41, 5.74) is 0. The van der Waals surface area contributed by atoms with Crippen molar-refractivity contribution in [3.63, 3.8) is 0 Å². The third-order valence-electron chi connectivity index (χ3n) is 3.75. The molecular formula is C14H26N2O3. The van der Waals surface area contributed by atoms with Crippen LogP contribution in [0.4, 0.5) is 0 Å². The van der Waals surface area contributed by atoms with Crippen LogP contribution in [0.2, 0.25) is 0 Å². The van der Waals surface area contributed by atoms with Crippen molar-refractivity contribution in [2.45, 2.75) is 46.1 Å². The minimum atomic E-state index is -0.741. The first-order chi connectivity index (χ1) is 8.95. The second-order valence-corrected chi connectivity index (χ2v) is 5.67. The van der Waals surface area contributed by atoms with E-state index in [1.54, 1.807) is 0 Å². The highest BCUT2D eigenvalue weighted by Gasteiger charge is 2.29. The molecule has 2 unspecified atom stereocenters. The molecule has 0 aliphatic carbocycles. The molecule has 2 N–H and O–H groups in total. The van der Waals surface area contributed by atoms with Crippen LogP contribution in [0.3, 0.4) is 0 Å². The van der Waals surface area contributed by atoms with Crippen molar-refractivity contribution in [3.05, 3.63) is 0 Å². The summed E-state index contributed by atoms with van der Waals surface area (Å²) < 4.78 is 0. The largest absolute Gasteiger partial charge is 0.480 e. The number of carbonyl (C=O) groups is 2. The molecule has 1 amide bonds. The van der Waals surface area contributed by atoms with Gasteiger partial charge in [-0.3, -0.25) is 14.5 Å². The monoisotopic (exact) mass is 270 g/mol. The van der Waals surface area contributed by atoms with E-state index in [1.165, 1.54) is 0 Å². The third kappa shape index (κ3) is 4.82. The van der Waals surface area contributed by atoms with Crippen molar-refractivity contribution in [2.75, 3.05) is 19.6 Å². The van der Waals surface area contributed by atoms with Gasteiger partial charge in [0, 0.05) is 19.0 Å². The quantitative estimate of drug-likeness (QED) is 0.764. The van der Waals surface area contributed by atoms with Crippen molar-refractivity contribution in [1.29, 1.82) is 0 Å². The van der Waals surface area contributed by atoms with Crippen LogP contribution >= 0.6 is 0 Å². The Morgan fingerprint density at radius 3 is 2.63 bits per heavy atom. The molecule has 1 saturated heterocycles. The van der Waals surface area contributed by atoms with Crippen LogP contribution < -0.4 is 5.32 Å². The van der Waals surface area contributed by atoms with E-state index < -0.39 is 5.97 Å². The van der Waals surface area contributed by atoms with Crippen molar-refractivity contribution >= 4 is 11.9 Å². The Balaban J connectivity index is 2.45. The third-order valence-corrected chi connectivity index (χ3v) is 3.75. The summed E-state index contributed by atoms with van der Waals surface area (Å²) in [7, 11) is 0. The number of amides is 1. The van der Waals surface area contributed by atoms with Gasteiger partial charge in [-0.25, -0.2) is 0 Å². The Bertz CT molecular complexity index is 318. The lowest BCUT2D eigenvalue weighted by Gasteiger charge is -2.36. The summed E-state index contributed by atoms with van der Waals surface area (Å²) in [5.74, 6) is -0.302. The average Bonchev–Trinajstić information content (AvgIpc) is 2.36. The fraction of sp³-hybridized carbons (Fsp3) is 0.857. The van der Waals surface area contributed by atoms with Crippen molar-refractivity contribution < 1.29 is 14.7 Å². The van der Waals surface area contributed by atoms with Gasteiger partial charge >= 0.3 is 5.97 Å². The lowest BCUT2D eigenvalue weighted by Crippen LogP contribution is -2.48. The van der Waals surface area contributed by atoms with E-state index in [2.05, 4.69) is 5.32 Å². The summed E-state index contributed by atoms with van der Waals surface area (Å²) in [4.78, 5) is 24.8. The summed E-state index contributed by atoms with van der Waals surface area (Å²) in [6.07, 6.45) is 2.69. The predicted octanol–water partition coefficient (Wildman–Crippen LogP) is 1.33. The second kappa shape index (κ2) is 7.48. The summed E-state index contributed by atoms with van der Waals surface area (Å²) >= 11 is 0. The minimum absolute atomic E-state index is 0.00195. The van der Waals surface area contributed by atoms with Crippen LogP contribution in [0.5, 0.6) is 0 Å². The molecular weight excluding hydrogens is 244 g/mol. The fourth-order valence-corrected chi connectivity index (χ4v) is 2.59. The van der Waals surface area contributed by atoms with Gasteiger partial charge in [0.15, 0.2) is 0 Å². The first-order valence-electron chi connectivity index (χ1n) is 7.20. The van der Waals surface area contributed by atoms with Crippen LogP contribution in [-0.4, -0.2) is 47.6 Å². The summed E-state index contributed by atoms with van der Waals surface area (Å²) in [5, 5.41) is 12.1. The van der Waals surface area contributed by atoms with Crippen molar-refractivity contribution in [3.8, 4) is 0 Å². The normalized spacial score (nSPS) is 22.2. The van der Waals surface area contributed by atoms with Crippen LogP contribution in [0, 0.1) is 11.8 Å². The number of carboxylic acid groups (broad SMARTS) is 1. The molecule has 0 spiro atoms. The van der Waals surface area contributed by atoms with E-state index in [4.69, 9.17) is 0 Å². The zero-order valence-electron chi connectivity index (χ0n) is 12.2. The van der Waals surface area contributed by atoms with Gasteiger partial charge in [-0.05, 0) is 31.7 Å². The second-order valence-electron chi connectivity index (χ2n) is 5.67. The number of carboxylic acids is 1. The number of nitrogens with zero attached hydrogens (tertiary/aromatic N) is 1. The molecule has 110 valence electrons. The molecule has 1 aliphatic heterocycles. The fourth-order valence-electron chi connectivity index (χ4n) is 2.59. The van der Waals surface area contributed by atoms with Gasteiger partial charge in [-0.15, -0.1) is 0 Å². The Kier molecular flexibility index (Phi) is 6.28. The number of aliphatic carboxylic acids is 1. The van der Waals surface area contributed by atoms with E-state index in [0.717, 1.165) is 25.9 Å². The number of hydrogen-bond acceptors (Lipinski definition) is 3. The Morgan fingerprint density at radius 2 is 2.11 bits per heavy atom. The number of nitrogens with one attached hydrogen (secondary N) is 1. The van der Waals surface area contributed by atoms with E-state index in [-0.39, 0.29) is 17.9 Å². The minimum Gasteiger partial charge on any atom is -0.480 e. The highest BCUT2D eigenvalue weighted by atomic mass is 16.4. The molecule has 19 heavy (non-hydrogen) atoms. The topological polar surface area (TPSA) is 69.6 Å². The molecule has 1 heterocycles. The molecule has 5 heteroatoms. The van der Waals surface area contributed by atoms with Gasteiger partial charge in [0.05, 0.1) is 0 Å². The molecule has 0 radical (unpaired) electrons. The lowest BCUT2D eigenvalue weighted by atomic mass is 9.96. The highest BCUT2D eigenvalue weighted by Crippen LogP contribution is 2.19. The average molecular weight is 270 g/mol. The number of likely N-dealkylation sites (tertiary alicyclic amines) is 1. The molecule has 0 aromatic rings. The van der Waals surface area contributed by atoms with Gasteiger partial charge in [0.1, 0.15) is 6.04 Å². The number of hydrogen-bond donors (Lipinski definition) is 2. The summed E-state index contributed by atoms with van der Waals surface area (Å²) in [6, 6.07) is -0.386. The van der Waals surface area contributed by atoms with Crippen LogP contribution in [0.15, 0.2) is 0 Å². The Hall–Kier alpha value is -1.10. The molecule has 0 bridgehead atoms. The first-order valence-corrected chi connectivity index (χ1v) is 7.20. The number of rotatable bonds is 6.